The van der Waals surface area contributed by atoms with Crippen LogP contribution in [0.2, 0.25) is 0 Å². The number of hydrogen-bond acceptors (Lipinski definition) is 5. The van der Waals surface area contributed by atoms with E-state index in [2.05, 4.69) is 14.9 Å². The molecule has 1 aromatic heterocycles. The molecule has 6 nitrogen and oxygen atoms in total. The Balaban J connectivity index is 1.72. The standard InChI is InChI=1S/C25H28N4O2S/c1-18-9-8-12-20(15-18)23(24(30)26-21-13-6-3-7-14-21)29(16-19-10-4-2-5-11-19)25(31)22-17-32-28-27-22/h2,4-5,8-12,15,17,21,23H,3,6-7,13-14,16H2,1H3,(H,26,30)/t23-/m1/s1. The van der Waals surface area contributed by atoms with Crippen molar-refractivity contribution in [1.82, 2.24) is 19.8 Å². The molecule has 32 heavy (non-hydrogen) atoms. The first-order valence-corrected chi connectivity index (χ1v) is 11.9. The molecule has 1 atom stereocenters. The number of nitrogens with one attached hydrogen (secondary N) is 1. The summed E-state index contributed by atoms with van der Waals surface area (Å²) in [7, 11) is 0. The van der Waals surface area contributed by atoms with Crippen LogP contribution in [0.3, 0.4) is 0 Å². The van der Waals surface area contributed by atoms with Crippen LogP contribution >= 0.6 is 11.5 Å². The highest BCUT2D eigenvalue weighted by Crippen LogP contribution is 2.27. The second-order valence-corrected chi connectivity index (χ2v) is 8.98. The number of carbonyl (C=O) groups excluding carboxylic acids is 2. The Labute approximate surface area is 192 Å². The minimum absolute atomic E-state index is 0.144. The summed E-state index contributed by atoms with van der Waals surface area (Å²) in [6.07, 6.45) is 5.42. The number of aromatic nitrogens is 2. The van der Waals surface area contributed by atoms with E-state index in [9.17, 15) is 9.59 Å². The SMILES string of the molecule is Cc1cccc([C@H](C(=O)NC2CCCCC2)N(Cc2ccccc2)C(=O)c2csnn2)c1. The zero-order chi connectivity index (χ0) is 22.3. The molecule has 166 valence electrons. The number of hydrogen-bond donors (Lipinski definition) is 1. The van der Waals surface area contributed by atoms with Gasteiger partial charge in [0, 0.05) is 18.0 Å². The molecular weight excluding hydrogens is 420 g/mol. The van der Waals surface area contributed by atoms with Crippen molar-refractivity contribution in [2.45, 2.75) is 57.7 Å². The Hall–Kier alpha value is -3.06. The van der Waals surface area contributed by atoms with Gasteiger partial charge in [0.25, 0.3) is 5.91 Å². The van der Waals surface area contributed by atoms with E-state index in [-0.39, 0.29) is 23.6 Å². The molecule has 2 amide bonds. The predicted octanol–water partition coefficient (Wildman–Crippen LogP) is 4.68. The molecule has 1 aliphatic rings. The smallest absolute Gasteiger partial charge is 0.276 e. The third kappa shape index (κ3) is 5.40. The van der Waals surface area contributed by atoms with E-state index in [0.29, 0.717) is 6.54 Å². The van der Waals surface area contributed by atoms with Crippen molar-refractivity contribution in [3.05, 3.63) is 82.4 Å². The number of amides is 2. The topological polar surface area (TPSA) is 75.2 Å². The third-order valence-electron chi connectivity index (χ3n) is 5.91. The van der Waals surface area contributed by atoms with Crippen LogP contribution < -0.4 is 5.32 Å². The molecule has 3 aromatic rings. The first kappa shape index (κ1) is 22.1. The second kappa shape index (κ2) is 10.5. The van der Waals surface area contributed by atoms with E-state index in [0.717, 1.165) is 53.9 Å². The number of rotatable bonds is 7. The Morgan fingerprint density at radius 1 is 1.09 bits per heavy atom. The van der Waals surface area contributed by atoms with E-state index < -0.39 is 6.04 Å². The van der Waals surface area contributed by atoms with Gasteiger partial charge in [-0.15, -0.1) is 5.10 Å². The quantitative estimate of drug-likeness (QED) is 0.569. The van der Waals surface area contributed by atoms with Crippen LogP contribution in [-0.2, 0) is 11.3 Å². The molecule has 0 unspecified atom stereocenters. The zero-order valence-corrected chi connectivity index (χ0v) is 19.1. The molecule has 0 radical (unpaired) electrons. The van der Waals surface area contributed by atoms with Crippen LogP contribution in [0.1, 0.15) is 65.3 Å². The van der Waals surface area contributed by atoms with Gasteiger partial charge >= 0.3 is 0 Å². The van der Waals surface area contributed by atoms with Gasteiger partial charge in [-0.1, -0.05) is 83.9 Å². The van der Waals surface area contributed by atoms with Gasteiger partial charge in [0.2, 0.25) is 5.91 Å². The van der Waals surface area contributed by atoms with Crippen molar-refractivity contribution in [2.24, 2.45) is 0 Å². The number of benzene rings is 2. The average Bonchev–Trinajstić information content (AvgIpc) is 3.35. The van der Waals surface area contributed by atoms with Gasteiger partial charge in [-0.05, 0) is 42.4 Å². The normalized spacial score (nSPS) is 15.2. The zero-order valence-electron chi connectivity index (χ0n) is 18.2. The fourth-order valence-corrected chi connectivity index (χ4v) is 4.74. The fourth-order valence-electron chi connectivity index (χ4n) is 4.31. The summed E-state index contributed by atoms with van der Waals surface area (Å²) >= 11 is 1.13. The van der Waals surface area contributed by atoms with E-state index in [1.165, 1.54) is 6.42 Å². The summed E-state index contributed by atoms with van der Waals surface area (Å²) in [6.45, 7) is 2.29. The molecule has 1 aliphatic carbocycles. The third-order valence-corrected chi connectivity index (χ3v) is 6.41. The van der Waals surface area contributed by atoms with Crippen LogP contribution in [0.4, 0.5) is 0 Å². The largest absolute Gasteiger partial charge is 0.351 e. The van der Waals surface area contributed by atoms with Crippen LogP contribution in [0.25, 0.3) is 0 Å². The Bertz CT molecular complexity index is 1030. The maximum atomic E-state index is 13.7. The highest BCUT2D eigenvalue weighted by molar-refractivity contribution is 7.03. The summed E-state index contributed by atoms with van der Waals surface area (Å²) in [5.41, 5.74) is 3.05. The minimum Gasteiger partial charge on any atom is -0.351 e. The summed E-state index contributed by atoms with van der Waals surface area (Å²) in [4.78, 5) is 28.9. The molecule has 0 saturated heterocycles. The summed E-state index contributed by atoms with van der Waals surface area (Å²) < 4.78 is 3.86. The van der Waals surface area contributed by atoms with Crippen molar-refractivity contribution in [3.8, 4) is 0 Å². The Morgan fingerprint density at radius 2 is 1.88 bits per heavy atom. The highest BCUT2D eigenvalue weighted by Gasteiger charge is 2.34. The lowest BCUT2D eigenvalue weighted by molar-refractivity contribution is -0.127. The summed E-state index contributed by atoms with van der Waals surface area (Å²) in [6, 6.07) is 17.0. The molecule has 0 aliphatic heterocycles. The Kier molecular flexibility index (Phi) is 7.27. The predicted molar refractivity (Wildman–Crippen MR) is 125 cm³/mol. The number of nitrogens with zero attached hydrogens (tertiary/aromatic N) is 3. The van der Waals surface area contributed by atoms with E-state index >= 15 is 0 Å². The lowest BCUT2D eigenvalue weighted by Crippen LogP contribution is -2.47. The van der Waals surface area contributed by atoms with Gasteiger partial charge in [-0.2, -0.15) is 0 Å². The van der Waals surface area contributed by atoms with Gasteiger partial charge < -0.3 is 10.2 Å². The highest BCUT2D eigenvalue weighted by atomic mass is 32.1. The van der Waals surface area contributed by atoms with Gasteiger partial charge in [0.05, 0.1) is 0 Å². The average molecular weight is 449 g/mol. The molecule has 2 aromatic carbocycles. The molecule has 0 bridgehead atoms. The number of aryl methyl sites for hydroxylation is 1. The monoisotopic (exact) mass is 448 g/mol. The lowest BCUT2D eigenvalue weighted by atomic mass is 9.94. The molecular formula is C25H28N4O2S. The molecule has 0 spiro atoms. The first-order chi connectivity index (χ1) is 15.6. The lowest BCUT2D eigenvalue weighted by Gasteiger charge is -2.33. The van der Waals surface area contributed by atoms with Crippen LogP contribution in [0.15, 0.2) is 60.0 Å². The number of carbonyl (C=O) groups is 2. The molecule has 1 saturated carbocycles. The molecule has 1 fully saturated rings. The van der Waals surface area contributed by atoms with Crippen molar-refractivity contribution < 1.29 is 9.59 Å². The van der Waals surface area contributed by atoms with E-state index in [4.69, 9.17) is 0 Å². The van der Waals surface area contributed by atoms with Crippen LogP contribution in [0.5, 0.6) is 0 Å². The minimum atomic E-state index is -0.758. The van der Waals surface area contributed by atoms with Crippen molar-refractivity contribution in [2.75, 3.05) is 0 Å². The van der Waals surface area contributed by atoms with E-state index in [1.807, 2.05) is 61.5 Å². The fraction of sp³-hybridized carbons (Fsp3) is 0.360. The van der Waals surface area contributed by atoms with E-state index in [1.54, 1.807) is 10.3 Å². The molecule has 1 N–H and O–H groups in total. The van der Waals surface area contributed by atoms with Crippen LogP contribution in [-0.4, -0.2) is 32.3 Å². The first-order valence-electron chi connectivity index (χ1n) is 11.1. The van der Waals surface area contributed by atoms with Gasteiger partial charge in [-0.3, -0.25) is 9.59 Å². The molecule has 1 heterocycles. The summed E-state index contributed by atoms with van der Waals surface area (Å²) in [5, 5.41) is 8.86. The van der Waals surface area contributed by atoms with Crippen molar-refractivity contribution >= 4 is 23.3 Å². The summed E-state index contributed by atoms with van der Waals surface area (Å²) in [5.74, 6) is -0.442. The molecule has 7 heteroatoms. The van der Waals surface area contributed by atoms with Crippen LogP contribution in [0, 0.1) is 6.92 Å². The second-order valence-electron chi connectivity index (χ2n) is 8.37. The maximum absolute atomic E-state index is 13.7. The maximum Gasteiger partial charge on any atom is 0.276 e. The van der Waals surface area contributed by atoms with Gasteiger partial charge in [-0.25, -0.2) is 0 Å². The van der Waals surface area contributed by atoms with Crippen molar-refractivity contribution in [1.29, 1.82) is 0 Å². The van der Waals surface area contributed by atoms with Gasteiger partial charge in [0.1, 0.15) is 6.04 Å². The Morgan fingerprint density at radius 3 is 2.56 bits per heavy atom. The molecule has 4 rings (SSSR count). The van der Waals surface area contributed by atoms with Crippen molar-refractivity contribution in [3.63, 3.8) is 0 Å². The van der Waals surface area contributed by atoms with Gasteiger partial charge in [0.15, 0.2) is 5.69 Å².